The first-order chi connectivity index (χ1) is 8.93. The Hall–Kier alpha value is -2.03. The van der Waals surface area contributed by atoms with E-state index < -0.39 is 0 Å². The summed E-state index contributed by atoms with van der Waals surface area (Å²) >= 11 is 0. The lowest BCUT2D eigenvalue weighted by molar-refractivity contribution is 0.0962. The second-order valence-corrected chi connectivity index (χ2v) is 5.05. The van der Waals surface area contributed by atoms with Gasteiger partial charge < -0.3 is 9.88 Å². The van der Waals surface area contributed by atoms with Crippen molar-refractivity contribution in [1.82, 2.24) is 9.88 Å². The summed E-state index contributed by atoms with van der Waals surface area (Å²) in [5, 5.41) is 2.68. The third kappa shape index (κ3) is 2.41. The Morgan fingerprint density at radius 3 is 2.11 bits per heavy atom. The van der Waals surface area contributed by atoms with E-state index in [9.17, 15) is 4.79 Å². The van der Waals surface area contributed by atoms with Crippen LogP contribution in [0.1, 0.15) is 32.9 Å². The minimum absolute atomic E-state index is 0.0382. The van der Waals surface area contributed by atoms with Gasteiger partial charge in [-0.25, -0.2) is 0 Å². The number of benzene rings is 1. The molecule has 3 nitrogen and oxygen atoms in total. The fourth-order valence-corrected chi connectivity index (χ4v) is 2.60. The Morgan fingerprint density at radius 2 is 1.58 bits per heavy atom. The van der Waals surface area contributed by atoms with E-state index in [1.54, 1.807) is 7.05 Å². The molecular formula is C16H20N2O. The fraction of sp³-hybridized carbons (Fsp3) is 0.312. The lowest BCUT2D eigenvalue weighted by Gasteiger charge is -2.12. The minimum atomic E-state index is -0.0382. The van der Waals surface area contributed by atoms with Crippen molar-refractivity contribution in [3.8, 4) is 5.69 Å². The maximum Gasteiger partial charge on any atom is 0.252 e. The molecule has 1 aromatic heterocycles. The van der Waals surface area contributed by atoms with Crippen LogP contribution in [0.5, 0.6) is 0 Å². The Balaban J connectivity index is 2.62. The van der Waals surface area contributed by atoms with Gasteiger partial charge >= 0.3 is 0 Å². The minimum Gasteiger partial charge on any atom is -0.355 e. The van der Waals surface area contributed by atoms with E-state index in [-0.39, 0.29) is 5.91 Å². The molecule has 0 atom stereocenters. The van der Waals surface area contributed by atoms with Crippen LogP contribution in [0.2, 0.25) is 0 Å². The molecule has 0 unspecified atom stereocenters. The normalized spacial score (nSPS) is 10.6. The van der Waals surface area contributed by atoms with Gasteiger partial charge in [0.2, 0.25) is 0 Å². The van der Waals surface area contributed by atoms with Gasteiger partial charge in [0.1, 0.15) is 0 Å². The van der Waals surface area contributed by atoms with E-state index in [1.165, 1.54) is 11.1 Å². The summed E-state index contributed by atoms with van der Waals surface area (Å²) in [6, 6.07) is 8.37. The van der Waals surface area contributed by atoms with Gasteiger partial charge in [0.15, 0.2) is 0 Å². The molecule has 100 valence electrons. The average molecular weight is 256 g/mol. The summed E-state index contributed by atoms with van der Waals surface area (Å²) in [5.41, 5.74) is 6.35. The van der Waals surface area contributed by atoms with Gasteiger partial charge in [-0.2, -0.15) is 0 Å². The van der Waals surface area contributed by atoms with E-state index in [4.69, 9.17) is 0 Å². The standard InChI is InChI=1S/C16H20N2O/c1-10-6-11(2)8-14(7-10)18-12(3)9-15(13(18)4)16(19)17-5/h6-9H,1-5H3,(H,17,19). The SMILES string of the molecule is CNC(=O)c1cc(C)n(-c2cc(C)cc(C)c2)c1C. The van der Waals surface area contributed by atoms with Crippen molar-refractivity contribution in [1.29, 1.82) is 0 Å². The lowest BCUT2D eigenvalue weighted by Crippen LogP contribution is -2.18. The smallest absolute Gasteiger partial charge is 0.252 e. The molecule has 0 saturated carbocycles. The largest absolute Gasteiger partial charge is 0.355 e. The van der Waals surface area contributed by atoms with Crippen LogP contribution in [0.3, 0.4) is 0 Å². The van der Waals surface area contributed by atoms with Crippen LogP contribution >= 0.6 is 0 Å². The van der Waals surface area contributed by atoms with Gasteiger partial charge in [0, 0.05) is 24.1 Å². The van der Waals surface area contributed by atoms with Gasteiger partial charge in [-0.15, -0.1) is 0 Å². The van der Waals surface area contributed by atoms with E-state index in [0.717, 1.165) is 22.6 Å². The van der Waals surface area contributed by atoms with Crippen molar-refractivity contribution in [2.75, 3.05) is 7.05 Å². The number of hydrogen-bond donors (Lipinski definition) is 1. The first-order valence-electron chi connectivity index (χ1n) is 6.43. The Labute approximate surface area is 114 Å². The first kappa shape index (κ1) is 13.4. The van der Waals surface area contributed by atoms with E-state index in [1.807, 2.05) is 19.9 Å². The Bertz CT molecular complexity index is 618. The molecule has 0 bridgehead atoms. The molecule has 0 aliphatic rings. The summed E-state index contributed by atoms with van der Waals surface area (Å²) in [6.07, 6.45) is 0. The van der Waals surface area contributed by atoms with Crippen LogP contribution in [0.15, 0.2) is 24.3 Å². The van der Waals surface area contributed by atoms with E-state index in [0.29, 0.717) is 0 Å². The first-order valence-corrected chi connectivity index (χ1v) is 6.43. The predicted molar refractivity (Wildman–Crippen MR) is 78.1 cm³/mol. The molecule has 1 amide bonds. The van der Waals surface area contributed by atoms with Crippen molar-refractivity contribution < 1.29 is 4.79 Å². The van der Waals surface area contributed by atoms with Gasteiger partial charge in [0.05, 0.1) is 5.56 Å². The molecule has 0 saturated heterocycles. The number of hydrogen-bond acceptors (Lipinski definition) is 1. The highest BCUT2D eigenvalue weighted by atomic mass is 16.1. The quantitative estimate of drug-likeness (QED) is 0.880. The highest BCUT2D eigenvalue weighted by Crippen LogP contribution is 2.22. The molecular weight excluding hydrogens is 236 g/mol. The number of aryl methyl sites for hydroxylation is 3. The zero-order valence-corrected chi connectivity index (χ0v) is 12.2. The monoisotopic (exact) mass is 256 g/mol. The van der Waals surface area contributed by atoms with Crippen LogP contribution in [0.4, 0.5) is 0 Å². The zero-order chi connectivity index (χ0) is 14.2. The van der Waals surface area contributed by atoms with Crippen molar-refractivity contribution in [2.24, 2.45) is 0 Å². The van der Waals surface area contributed by atoms with Gasteiger partial charge in [-0.05, 0) is 57.0 Å². The maximum absolute atomic E-state index is 11.8. The number of amides is 1. The van der Waals surface area contributed by atoms with Crippen molar-refractivity contribution in [3.05, 3.63) is 52.3 Å². The number of nitrogens with zero attached hydrogens (tertiary/aromatic N) is 1. The Kier molecular flexibility index (Phi) is 3.47. The number of rotatable bonds is 2. The van der Waals surface area contributed by atoms with Crippen molar-refractivity contribution in [3.63, 3.8) is 0 Å². The van der Waals surface area contributed by atoms with Gasteiger partial charge in [0.25, 0.3) is 5.91 Å². The molecule has 3 heteroatoms. The fourth-order valence-electron chi connectivity index (χ4n) is 2.60. The summed E-state index contributed by atoms with van der Waals surface area (Å²) in [4.78, 5) is 11.8. The highest BCUT2D eigenvalue weighted by Gasteiger charge is 2.15. The molecule has 0 radical (unpaired) electrons. The zero-order valence-electron chi connectivity index (χ0n) is 12.2. The van der Waals surface area contributed by atoms with Crippen LogP contribution in [0, 0.1) is 27.7 Å². The van der Waals surface area contributed by atoms with Crippen LogP contribution in [-0.4, -0.2) is 17.5 Å². The maximum atomic E-state index is 11.8. The molecule has 2 aromatic rings. The average Bonchev–Trinajstić information content (AvgIpc) is 2.62. The highest BCUT2D eigenvalue weighted by molar-refractivity contribution is 5.95. The molecule has 0 aliphatic heterocycles. The second kappa shape index (κ2) is 4.92. The van der Waals surface area contributed by atoms with E-state index in [2.05, 4.69) is 41.9 Å². The van der Waals surface area contributed by atoms with Crippen molar-refractivity contribution >= 4 is 5.91 Å². The van der Waals surface area contributed by atoms with Crippen LogP contribution in [-0.2, 0) is 0 Å². The summed E-state index contributed by atoms with van der Waals surface area (Å²) in [7, 11) is 1.66. The number of carbonyl (C=O) groups is 1. The summed E-state index contributed by atoms with van der Waals surface area (Å²) in [6.45, 7) is 8.18. The Morgan fingerprint density at radius 1 is 1.00 bits per heavy atom. The van der Waals surface area contributed by atoms with Gasteiger partial charge in [-0.1, -0.05) is 6.07 Å². The molecule has 19 heavy (non-hydrogen) atoms. The molecule has 1 heterocycles. The third-order valence-corrected chi connectivity index (χ3v) is 3.37. The molecule has 1 aromatic carbocycles. The number of carbonyl (C=O) groups excluding carboxylic acids is 1. The topological polar surface area (TPSA) is 34.0 Å². The second-order valence-electron chi connectivity index (χ2n) is 5.05. The van der Waals surface area contributed by atoms with Gasteiger partial charge in [-0.3, -0.25) is 4.79 Å². The summed E-state index contributed by atoms with van der Waals surface area (Å²) in [5.74, 6) is -0.0382. The van der Waals surface area contributed by atoms with E-state index >= 15 is 0 Å². The van der Waals surface area contributed by atoms with Crippen molar-refractivity contribution in [2.45, 2.75) is 27.7 Å². The predicted octanol–water partition coefficient (Wildman–Crippen LogP) is 3.07. The summed E-state index contributed by atoms with van der Waals surface area (Å²) < 4.78 is 2.13. The molecule has 1 N–H and O–H groups in total. The molecule has 0 spiro atoms. The third-order valence-electron chi connectivity index (χ3n) is 3.37. The van der Waals surface area contributed by atoms with Crippen LogP contribution < -0.4 is 5.32 Å². The lowest BCUT2D eigenvalue weighted by atomic mass is 10.1. The molecule has 2 rings (SSSR count). The molecule has 0 aliphatic carbocycles. The number of nitrogens with one attached hydrogen (secondary N) is 1. The van der Waals surface area contributed by atoms with Crippen LogP contribution in [0.25, 0.3) is 5.69 Å². The number of aromatic nitrogens is 1. The molecule has 0 fully saturated rings.